The number of carbonyl (C=O) groups is 2. The maximum atomic E-state index is 12.4. The Morgan fingerprint density at radius 1 is 1.24 bits per heavy atom. The Labute approximate surface area is 172 Å². The standard InChI is InChI=1S/C17H19ClN4O6S/c1-27-14(28-2)7-19-16(23)17(24)20-15-12-8-29(25,26)9-13(12)21-22(15)11-5-3-4-10(18)6-11/h3-6,14H,7-9H2,1-2H3,(H,19,23)(H,20,24). The van der Waals surface area contributed by atoms with Crippen LogP contribution in [-0.4, -0.2) is 57.1 Å². The Morgan fingerprint density at radius 3 is 2.62 bits per heavy atom. The summed E-state index contributed by atoms with van der Waals surface area (Å²) in [7, 11) is -0.570. The van der Waals surface area contributed by atoms with Crippen molar-refractivity contribution >= 4 is 39.1 Å². The molecule has 0 saturated heterocycles. The van der Waals surface area contributed by atoms with Gasteiger partial charge in [-0.3, -0.25) is 9.59 Å². The molecule has 1 aromatic heterocycles. The van der Waals surface area contributed by atoms with E-state index in [0.29, 0.717) is 22.0 Å². The molecule has 156 valence electrons. The summed E-state index contributed by atoms with van der Waals surface area (Å²) < 4.78 is 35.2. The lowest BCUT2D eigenvalue weighted by atomic mass is 10.2. The average Bonchev–Trinajstić information content (AvgIpc) is 3.14. The summed E-state index contributed by atoms with van der Waals surface area (Å²) in [5.41, 5.74) is 1.18. The molecule has 12 heteroatoms. The molecule has 0 unspecified atom stereocenters. The second-order valence-corrected chi connectivity index (χ2v) is 8.76. The highest BCUT2D eigenvalue weighted by atomic mass is 35.5. The molecule has 3 rings (SSSR count). The fraction of sp³-hybridized carbons (Fsp3) is 0.353. The number of ether oxygens (including phenoxy) is 2. The maximum absolute atomic E-state index is 12.4. The topological polar surface area (TPSA) is 129 Å². The van der Waals surface area contributed by atoms with Gasteiger partial charge in [0, 0.05) is 24.8 Å². The van der Waals surface area contributed by atoms with Gasteiger partial charge >= 0.3 is 11.8 Å². The Balaban J connectivity index is 1.88. The average molecular weight is 443 g/mol. The first-order valence-corrected chi connectivity index (χ1v) is 10.7. The zero-order valence-electron chi connectivity index (χ0n) is 15.6. The SMILES string of the molecule is COC(CNC(=O)C(=O)Nc1c2c(nn1-c1cccc(Cl)c1)CS(=O)(=O)C2)OC. The lowest BCUT2D eigenvalue weighted by molar-refractivity contribution is -0.139. The number of halogens is 1. The molecule has 0 bridgehead atoms. The van der Waals surface area contributed by atoms with Crippen LogP contribution in [0.2, 0.25) is 5.02 Å². The van der Waals surface area contributed by atoms with Gasteiger partial charge in [0.1, 0.15) is 5.82 Å². The molecular formula is C17H19ClN4O6S. The number of nitrogens with zero attached hydrogens (tertiary/aromatic N) is 2. The molecule has 1 aromatic carbocycles. The summed E-state index contributed by atoms with van der Waals surface area (Å²) in [5.74, 6) is -2.33. The van der Waals surface area contributed by atoms with Crippen molar-refractivity contribution in [2.24, 2.45) is 0 Å². The number of rotatable bonds is 6. The molecule has 0 radical (unpaired) electrons. The van der Waals surface area contributed by atoms with E-state index >= 15 is 0 Å². The van der Waals surface area contributed by atoms with Crippen molar-refractivity contribution in [2.75, 3.05) is 26.1 Å². The lowest BCUT2D eigenvalue weighted by Gasteiger charge is -2.14. The Hall–Kier alpha value is -2.47. The predicted octanol–water partition coefficient (Wildman–Crippen LogP) is 0.628. The van der Waals surface area contributed by atoms with Crippen LogP contribution in [0.15, 0.2) is 24.3 Å². The smallest absolute Gasteiger partial charge is 0.314 e. The van der Waals surface area contributed by atoms with E-state index in [1.807, 2.05) is 0 Å². The van der Waals surface area contributed by atoms with E-state index in [4.69, 9.17) is 21.1 Å². The van der Waals surface area contributed by atoms with Crippen molar-refractivity contribution in [3.8, 4) is 5.69 Å². The fourth-order valence-corrected chi connectivity index (χ4v) is 4.53. The van der Waals surface area contributed by atoms with Gasteiger partial charge in [0.2, 0.25) is 0 Å². The minimum Gasteiger partial charge on any atom is -0.354 e. The summed E-state index contributed by atoms with van der Waals surface area (Å²) in [6.45, 7) is -0.0424. The molecule has 1 aliphatic heterocycles. The third-order valence-electron chi connectivity index (χ3n) is 4.23. The molecule has 29 heavy (non-hydrogen) atoms. The van der Waals surface area contributed by atoms with Gasteiger partial charge in [-0.2, -0.15) is 5.10 Å². The van der Waals surface area contributed by atoms with Crippen LogP contribution in [0.3, 0.4) is 0 Å². The van der Waals surface area contributed by atoms with Gasteiger partial charge < -0.3 is 20.1 Å². The highest BCUT2D eigenvalue weighted by molar-refractivity contribution is 7.90. The number of methoxy groups -OCH3 is 2. The normalized spacial score (nSPS) is 14.6. The van der Waals surface area contributed by atoms with Crippen molar-refractivity contribution < 1.29 is 27.5 Å². The van der Waals surface area contributed by atoms with Crippen LogP contribution in [0.5, 0.6) is 0 Å². The molecule has 1 aliphatic rings. The third-order valence-corrected chi connectivity index (χ3v) is 5.91. The first-order chi connectivity index (χ1) is 13.7. The van der Waals surface area contributed by atoms with Gasteiger partial charge in [-0.25, -0.2) is 13.1 Å². The first kappa shape index (κ1) is 21.2. The monoisotopic (exact) mass is 442 g/mol. The molecule has 2 N–H and O–H groups in total. The number of fused-ring (bicyclic) bond motifs is 1. The largest absolute Gasteiger partial charge is 0.354 e. The summed E-state index contributed by atoms with van der Waals surface area (Å²) in [4.78, 5) is 24.5. The van der Waals surface area contributed by atoms with Crippen molar-refractivity contribution in [1.29, 1.82) is 0 Å². The number of carbonyl (C=O) groups excluding carboxylic acids is 2. The lowest BCUT2D eigenvalue weighted by Crippen LogP contribution is -2.40. The summed E-state index contributed by atoms with van der Waals surface area (Å²) in [5, 5.41) is 9.58. The number of amides is 2. The number of aromatic nitrogens is 2. The molecule has 0 fully saturated rings. The van der Waals surface area contributed by atoms with E-state index in [2.05, 4.69) is 15.7 Å². The minimum atomic E-state index is -3.36. The zero-order chi connectivity index (χ0) is 21.2. The van der Waals surface area contributed by atoms with Crippen LogP contribution in [0.4, 0.5) is 5.82 Å². The van der Waals surface area contributed by atoms with Gasteiger partial charge in [-0.1, -0.05) is 17.7 Å². The number of hydrogen-bond donors (Lipinski definition) is 2. The Bertz CT molecular complexity index is 1050. The highest BCUT2D eigenvalue weighted by Crippen LogP contribution is 2.33. The van der Waals surface area contributed by atoms with Gasteiger partial charge in [0.05, 0.1) is 29.4 Å². The summed E-state index contributed by atoms with van der Waals surface area (Å²) in [6, 6.07) is 6.66. The van der Waals surface area contributed by atoms with E-state index in [-0.39, 0.29) is 23.9 Å². The van der Waals surface area contributed by atoms with Gasteiger partial charge in [0.15, 0.2) is 16.1 Å². The quantitative estimate of drug-likeness (QED) is 0.495. The van der Waals surface area contributed by atoms with Crippen LogP contribution >= 0.6 is 11.6 Å². The van der Waals surface area contributed by atoms with Gasteiger partial charge in [-0.05, 0) is 18.2 Å². The van der Waals surface area contributed by atoms with Crippen LogP contribution in [0, 0.1) is 0 Å². The molecule has 2 amide bonds. The van der Waals surface area contributed by atoms with Crippen LogP contribution in [-0.2, 0) is 40.4 Å². The van der Waals surface area contributed by atoms with Crippen LogP contribution in [0.1, 0.15) is 11.3 Å². The van der Waals surface area contributed by atoms with Crippen molar-refractivity contribution in [2.45, 2.75) is 17.8 Å². The number of sulfone groups is 1. The van der Waals surface area contributed by atoms with E-state index in [1.54, 1.807) is 24.3 Å². The van der Waals surface area contributed by atoms with E-state index in [0.717, 1.165) is 0 Å². The number of hydrogen-bond acceptors (Lipinski definition) is 7. The number of nitrogens with one attached hydrogen (secondary N) is 2. The summed E-state index contributed by atoms with van der Waals surface area (Å²) in [6.07, 6.45) is -0.710. The molecule has 2 aromatic rings. The third kappa shape index (κ3) is 4.75. The van der Waals surface area contributed by atoms with Gasteiger partial charge in [0.25, 0.3) is 0 Å². The van der Waals surface area contributed by atoms with Crippen molar-refractivity contribution in [3.05, 3.63) is 40.5 Å². The Kier molecular flexibility index (Phi) is 6.22. The predicted molar refractivity (Wildman–Crippen MR) is 104 cm³/mol. The molecule has 0 saturated carbocycles. The molecule has 10 nitrogen and oxygen atoms in total. The van der Waals surface area contributed by atoms with Crippen LogP contribution in [0.25, 0.3) is 5.69 Å². The maximum Gasteiger partial charge on any atom is 0.314 e. The van der Waals surface area contributed by atoms with Crippen molar-refractivity contribution in [1.82, 2.24) is 15.1 Å². The number of benzene rings is 1. The second kappa shape index (κ2) is 8.49. The Morgan fingerprint density at radius 2 is 1.97 bits per heavy atom. The molecule has 0 spiro atoms. The molecular weight excluding hydrogens is 424 g/mol. The second-order valence-electron chi connectivity index (χ2n) is 6.26. The van der Waals surface area contributed by atoms with E-state index < -0.39 is 27.9 Å². The number of anilines is 1. The van der Waals surface area contributed by atoms with E-state index in [9.17, 15) is 18.0 Å². The highest BCUT2D eigenvalue weighted by Gasteiger charge is 2.34. The van der Waals surface area contributed by atoms with Crippen molar-refractivity contribution in [3.63, 3.8) is 0 Å². The van der Waals surface area contributed by atoms with E-state index in [1.165, 1.54) is 18.9 Å². The molecule has 2 heterocycles. The molecule has 0 atom stereocenters. The fourth-order valence-electron chi connectivity index (χ4n) is 2.85. The molecule has 0 aliphatic carbocycles. The first-order valence-electron chi connectivity index (χ1n) is 8.46. The van der Waals surface area contributed by atoms with Crippen LogP contribution < -0.4 is 10.6 Å². The minimum absolute atomic E-state index is 0.0424. The zero-order valence-corrected chi connectivity index (χ0v) is 17.2. The summed E-state index contributed by atoms with van der Waals surface area (Å²) >= 11 is 6.03. The van der Waals surface area contributed by atoms with Gasteiger partial charge in [-0.15, -0.1) is 0 Å².